The van der Waals surface area contributed by atoms with Crippen molar-refractivity contribution in [1.82, 2.24) is 5.32 Å². The van der Waals surface area contributed by atoms with E-state index >= 15 is 0 Å². The molecule has 0 bridgehead atoms. The monoisotopic (exact) mass is 707 g/mol. The average molecular weight is 708 g/mol. The van der Waals surface area contributed by atoms with E-state index in [1.54, 1.807) is 0 Å². The molecule has 0 saturated heterocycles. The maximum absolute atomic E-state index is 11.6. The van der Waals surface area contributed by atoms with Crippen LogP contribution in [0.2, 0.25) is 0 Å². The molecule has 1 amide bonds. The van der Waals surface area contributed by atoms with Crippen LogP contribution < -0.4 is 5.32 Å². The Morgan fingerprint density at radius 2 is 0.714 bits per heavy atom. The van der Waals surface area contributed by atoms with E-state index in [-0.39, 0.29) is 6.61 Å². The van der Waals surface area contributed by atoms with E-state index in [9.17, 15) is 4.79 Å². The van der Waals surface area contributed by atoms with Crippen LogP contribution >= 0.6 is 0 Å². The number of ether oxygens (including phenoxy) is 13. The van der Waals surface area contributed by atoms with Crippen LogP contribution in [0.1, 0.15) is 12.5 Å². The minimum Gasteiger partial charge on any atom is -0.445 e. The van der Waals surface area contributed by atoms with E-state index in [1.165, 1.54) is 0 Å². The first-order chi connectivity index (χ1) is 24.3. The molecule has 0 saturated carbocycles. The Bertz CT molecular complexity index is 795. The van der Waals surface area contributed by atoms with Gasteiger partial charge in [-0.1, -0.05) is 30.3 Å². The Balaban J connectivity index is 1.63. The molecule has 15 heteroatoms. The number of nitrogens with one attached hydrogen (secondary N) is 1. The first-order valence-electron chi connectivity index (χ1n) is 17.2. The van der Waals surface area contributed by atoms with Crippen LogP contribution in [-0.2, 0) is 68.2 Å². The van der Waals surface area contributed by atoms with Gasteiger partial charge in [0.2, 0.25) is 0 Å². The van der Waals surface area contributed by atoms with Crippen molar-refractivity contribution >= 4 is 6.09 Å². The Labute approximate surface area is 292 Å². The minimum atomic E-state index is -0.469. The second-order valence-corrected chi connectivity index (χ2v) is 9.92. The molecule has 1 aromatic carbocycles. The fraction of sp³-hybridized carbons (Fsp3) is 0.794. The molecule has 49 heavy (non-hydrogen) atoms. The SMILES string of the molecule is CCOCCOCCOCCOCCOCCOCCOCCOCCOCCOCCOCCOCCNC(=O)OCc1ccccc1. The molecule has 0 unspecified atom stereocenters. The molecule has 15 nitrogen and oxygen atoms in total. The second kappa shape index (κ2) is 38.8. The first-order valence-corrected chi connectivity index (χ1v) is 17.2. The van der Waals surface area contributed by atoms with Gasteiger partial charge in [-0.25, -0.2) is 4.79 Å². The summed E-state index contributed by atoms with van der Waals surface area (Å²) in [5.74, 6) is 0. The molecule has 0 aliphatic carbocycles. The number of alkyl carbamates (subject to hydrolysis) is 1. The molecule has 0 fully saturated rings. The van der Waals surface area contributed by atoms with E-state index in [0.29, 0.717) is 165 Å². The van der Waals surface area contributed by atoms with Crippen molar-refractivity contribution in [3.63, 3.8) is 0 Å². The van der Waals surface area contributed by atoms with Gasteiger partial charge in [0.1, 0.15) is 6.61 Å². The smallest absolute Gasteiger partial charge is 0.407 e. The zero-order valence-electron chi connectivity index (χ0n) is 29.5. The van der Waals surface area contributed by atoms with Gasteiger partial charge < -0.3 is 66.9 Å². The molecule has 0 heterocycles. The van der Waals surface area contributed by atoms with Gasteiger partial charge in [0.15, 0.2) is 0 Å². The Morgan fingerprint density at radius 1 is 0.429 bits per heavy atom. The predicted octanol–water partition coefficient (Wildman–Crippen LogP) is 2.13. The van der Waals surface area contributed by atoms with Gasteiger partial charge in [0, 0.05) is 13.2 Å². The highest BCUT2D eigenvalue weighted by Crippen LogP contribution is 2.00. The first kappa shape index (κ1) is 45.0. The van der Waals surface area contributed by atoms with Crippen molar-refractivity contribution < 1.29 is 66.4 Å². The lowest BCUT2D eigenvalue weighted by Crippen LogP contribution is -2.28. The van der Waals surface area contributed by atoms with Crippen molar-refractivity contribution in [3.8, 4) is 0 Å². The average Bonchev–Trinajstić information content (AvgIpc) is 3.12. The fourth-order valence-electron chi connectivity index (χ4n) is 3.56. The van der Waals surface area contributed by atoms with E-state index in [4.69, 9.17) is 61.6 Å². The molecular weight excluding hydrogens is 646 g/mol. The summed E-state index contributed by atoms with van der Waals surface area (Å²) in [6, 6.07) is 9.51. The zero-order chi connectivity index (χ0) is 35.0. The molecule has 1 N–H and O–H groups in total. The summed E-state index contributed by atoms with van der Waals surface area (Å²) in [4.78, 5) is 11.6. The lowest BCUT2D eigenvalue weighted by atomic mass is 10.2. The molecule has 0 atom stereocenters. The van der Waals surface area contributed by atoms with Gasteiger partial charge in [-0.2, -0.15) is 0 Å². The molecule has 1 rings (SSSR count). The van der Waals surface area contributed by atoms with Crippen LogP contribution in [0.5, 0.6) is 0 Å². The standard InChI is InChI=1S/C34H61NO14/c1-2-37-10-11-39-14-15-41-18-19-43-22-23-45-26-27-47-30-31-48-29-28-46-25-24-44-21-20-42-17-16-40-13-12-38-9-8-35-34(36)49-32-33-6-4-3-5-7-33/h3-7H,2,8-32H2,1H3,(H,35,36). The van der Waals surface area contributed by atoms with Crippen LogP contribution in [0.3, 0.4) is 0 Å². The molecule has 1 aromatic rings. The summed E-state index contributed by atoms with van der Waals surface area (Å²) < 4.78 is 70.3. The van der Waals surface area contributed by atoms with Gasteiger partial charge in [-0.3, -0.25) is 0 Å². The quantitative estimate of drug-likeness (QED) is 0.0996. The number of carbonyl (C=O) groups excluding carboxylic acids is 1. The number of hydrogen-bond acceptors (Lipinski definition) is 14. The van der Waals surface area contributed by atoms with E-state index in [1.807, 2.05) is 37.3 Å². The summed E-state index contributed by atoms with van der Waals surface area (Å²) in [5, 5.41) is 2.64. The normalized spacial score (nSPS) is 11.3. The molecular formula is C34H61NO14. The highest BCUT2D eigenvalue weighted by Gasteiger charge is 2.02. The van der Waals surface area contributed by atoms with Gasteiger partial charge in [0.05, 0.1) is 152 Å². The number of rotatable bonds is 39. The molecule has 0 aliphatic rings. The van der Waals surface area contributed by atoms with Gasteiger partial charge in [0.25, 0.3) is 0 Å². The maximum atomic E-state index is 11.6. The molecule has 0 aromatic heterocycles. The summed E-state index contributed by atoms with van der Waals surface area (Å²) in [7, 11) is 0. The lowest BCUT2D eigenvalue weighted by Gasteiger charge is -2.09. The third-order valence-electron chi connectivity index (χ3n) is 6.02. The summed E-state index contributed by atoms with van der Waals surface area (Å²) >= 11 is 0. The molecule has 0 spiro atoms. The topological polar surface area (TPSA) is 149 Å². The lowest BCUT2D eigenvalue weighted by molar-refractivity contribution is -0.0282. The maximum Gasteiger partial charge on any atom is 0.407 e. The van der Waals surface area contributed by atoms with Gasteiger partial charge in [-0.15, -0.1) is 0 Å². The van der Waals surface area contributed by atoms with Crippen LogP contribution in [0, 0.1) is 0 Å². The number of amides is 1. The fourth-order valence-corrected chi connectivity index (χ4v) is 3.56. The summed E-state index contributed by atoms with van der Waals surface area (Å²) in [6.07, 6.45) is -0.469. The highest BCUT2D eigenvalue weighted by atomic mass is 16.6. The van der Waals surface area contributed by atoms with Crippen LogP contribution in [0.25, 0.3) is 0 Å². The van der Waals surface area contributed by atoms with E-state index in [0.717, 1.165) is 5.56 Å². The van der Waals surface area contributed by atoms with E-state index < -0.39 is 6.09 Å². The molecule has 0 aliphatic heterocycles. The third-order valence-corrected chi connectivity index (χ3v) is 6.02. The van der Waals surface area contributed by atoms with Gasteiger partial charge >= 0.3 is 6.09 Å². The van der Waals surface area contributed by atoms with E-state index in [2.05, 4.69) is 5.32 Å². The van der Waals surface area contributed by atoms with Crippen LogP contribution in [-0.4, -0.2) is 171 Å². The van der Waals surface area contributed by atoms with Gasteiger partial charge in [-0.05, 0) is 12.5 Å². The Morgan fingerprint density at radius 3 is 1.02 bits per heavy atom. The van der Waals surface area contributed by atoms with Crippen LogP contribution in [0.4, 0.5) is 4.79 Å². The summed E-state index contributed by atoms with van der Waals surface area (Å²) in [6.45, 7) is 14.8. The number of hydrogen-bond donors (Lipinski definition) is 1. The number of carbonyl (C=O) groups is 1. The zero-order valence-corrected chi connectivity index (χ0v) is 29.5. The van der Waals surface area contributed by atoms with Crippen molar-refractivity contribution in [2.24, 2.45) is 0 Å². The molecule has 286 valence electrons. The number of benzene rings is 1. The summed E-state index contributed by atoms with van der Waals surface area (Å²) in [5.41, 5.74) is 0.937. The minimum absolute atomic E-state index is 0.237. The Hall–Kier alpha value is -1.99. The molecule has 0 radical (unpaired) electrons. The van der Waals surface area contributed by atoms with Crippen molar-refractivity contribution in [2.45, 2.75) is 13.5 Å². The second-order valence-electron chi connectivity index (χ2n) is 9.92. The highest BCUT2D eigenvalue weighted by molar-refractivity contribution is 5.67. The van der Waals surface area contributed by atoms with Crippen molar-refractivity contribution in [3.05, 3.63) is 35.9 Å². The van der Waals surface area contributed by atoms with Crippen LogP contribution in [0.15, 0.2) is 30.3 Å². The third kappa shape index (κ3) is 35.6. The van der Waals surface area contributed by atoms with Crippen molar-refractivity contribution in [2.75, 3.05) is 165 Å². The largest absolute Gasteiger partial charge is 0.445 e. The van der Waals surface area contributed by atoms with Crippen molar-refractivity contribution in [1.29, 1.82) is 0 Å². The Kier molecular flexibility index (Phi) is 35.7. The predicted molar refractivity (Wildman–Crippen MR) is 180 cm³/mol.